The van der Waals surface area contributed by atoms with Gasteiger partial charge in [-0.2, -0.15) is 13.2 Å². The number of rotatable bonds is 6. The Morgan fingerprint density at radius 1 is 1.41 bits per heavy atom. The Morgan fingerprint density at radius 3 is 2.41 bits per heavy atom. The fourth-order valence-electron chi connectivity index (χ4n) is 1.18. The summed E-state index contributed by atoms with van der Waals surface area (Å²) in [5.74, 6) is -0.434. The smallest absolute Gasteiger partial charge is 0.390 e. The van der Waals surface area contributed by atoms with Gasteiger partial charge in [-0.1, -0.05) is 13.0 Å². The summed E-state index contributed by atoms with van der Waals surface area (Å²) in [7, 11) is 2.85. The Morgan fingerprint density at radius 2 is 2.00 bits per heavy atom. The molecule has 0 rings (SSSR count). The zero-order valence-electron chi connectivity index (χ0n) is 10.3. The molecular weight excluding hydrogens is 235 g/mol. The first-order valence-corrected chi connectivity index (χ1v) is 5.32. The van der Waals surface area contributed by atoms with E-state index in [1.807, 2.05) is 0 Å². The van der Waals surface area contributed by atoms with Gasteiger partial charge in [0.25, 0.3) is 0 Å². The molecule has 0 saturated heterocycles. The largest absolute Gasteiger partial charge is 0.466 e. The van der Waals surface area contributed by atoms with Gasteiger partial charge in [0, 0.05) is 18.7 Å². The van der Waals surface area contributed by atoms with Gasteiger partial charge in [-0.05, 0) is 13.5 Å². The number of halogens is 3. The van der Waals surface area contributed by atoms with Crippen LogP contribution in [0.1, 0.15) is 19.8 Å². The Labute approximate surface area is 99.2 Å². The number of carbonyl (C=O) groups is 1. The summed E-state index contributed by atoms with van der Waals surface area (Å²) < 4.78 is 40.4. The van der Waals surface area contributed by atoms with Crippen molar-refractivity contribution in [3.05, 3.63) is 11.6 Å². The van der Waals surface area contributed by atoms with Crippen molar-refractivity contribution >= 4 is 5.97 Å². The van der Waals surface area contributed by atoms with E-state index in [2.05, 4.69) is 4.74 Å². The van der Waals surface area contributed by atoms with E-state index in [4.69, 9.17) is 0 Å². The number of alkyl halides is 3. The van der Waals surface area contributed by atoms with E-state index >= 15 is 0 Å². The number of carbonyl (C=O) groups excluding carboxylic acids is 1. The lowest BCUT2D eigenvalue weighted by molar-refractivity contribution is -0.138. The fourth-order valence-corrected chi connectivity index (χ4v) is 1.18. The van der Waals surface area contributed by atoms with Crippen molar-refractivity contribution in [1.82, 2.24) is 4.90 Å². The van der Waals surface area contributed by atoms with Crippen LogP contribution in [-0.2, 0) is 9.53 Å². The molecule has 0 aliphatic carbocycles. The summed E-state index contributed by atoms with van der Waals surface area (Å²) in [4.78, 5) is 12.7. The highest BCUT2D eigenvalue weighted by atomic mass is 19.4. The zero-order valence-corrected chi connectivity index (χ0v) is 10.3. The Bertz CT molecular complexity index is 274. The monoisotopic (exact) mass is 253 g/mol. The first kappa shape index (κ1) is 16.0. The molecule has 6 heteroatoms. The number of methoxy groups -OCH3 is 1. The van der Waals surface area contributed by atoms with Gasteiger partial charge in [0.1, 0.15) is 0 Å². The third kappa shape index (κ3) is 7.79. The molecule has 0 N–H and O–H groups in total. The van der Waals surface area contributed by atoms with Gasteiger partial charge < -0.3 is 9.64 Å². The van der Waals surface area contributed by atoms with Crippen molar-refractivity contribution in [3.8, 4) is 0 Å². The number of esters is 1. The summed E-state index contributed by atoms with van der Waals surface area (Å²) in [6.45, 7) is 2.00. The van der Waals surface area contributed by atoms with Crippen LogP contribution in [0.2, 0.25) is 0 Å². The van der Waals surface area contributed by atoms with Gasteiger partial charge in [-0.3, -0.25) is 0 Å². The SMILES string of the molecule is CCC(=CCN(C)CCC(F)(F)F)C(=O)OC. The lowest BCUT2D eigenvalue weighted by Gasteiger charge is -2.16. The average Bonchev–Trinajstić information content (AvgIpc) is 2.25. The number of likely N-dealkylation sites (N-methyl/N-ethyl adjacent to an activating group) is 1. The Kier molecular flexibility index (Phi) is 6.87. The lowest BCUT2D eigenvalue weighted by Crippen LogP contribution is -2.25. The highest BCUT2D eigenvalue weighted by Gasteiger charge is 2.26. The summed E-state index contributed by atoms with van der Waals surface area (Å²) >= 11 is 0. The molecule has 0 bridgehead atoms. The summed E-state index contributed by atoms with van der Waals surface area (Å²) in [5, 5.41) is 0. The van der Waals surface area contributed by atoms with Crippen LogP contribution in [0.5, 0.6) is 0 Å². The van der Waals surface area contributed by atoms with Crippen molar-refractivity contribution in [3.63, 3.8) is 0 Å². The summed E-state index contributed by atoms with van der Waals surface area (Å²) in [6, 6.07) is 0. The normalized spacial score (nSPS) is 13.0. The molecule has 0 aromatic carbocycles. The fraction of sp³-hybridized carbons (Fsp3) is 0.727. The molecule has 17 heavy (non-hydrogen) atoms. The van der Waals surface area contributed by atoms with Crippen LogP contribution in [-0.4, -0.2) is 44.3 Å². The van der Waals surface area contributed by atoms with Crippen LogP contribution >= 0.6 is 0 Å². The molecule has 0 heterocycles. The van der Waals surface area contributed by atoms with Crippen LogP contribution in [0.15, 0.2) is 11.6 Å². The third-order valence-corrected chi connectivity index (χ3v) is 2.25. The van der Waals surface area contributed by atoms with E-state index in [-0.39, 0.29) is 6.54 Å². The molecule has 0 aromatic heterocycles. The Balaban J connectivity index is 4.15. The van der Waals surface area contributed by atoms with Crippen LogP contribution in [0.4, 0.5) is 13.2 Å². The number of hydrogen-bond acceptors (Lipinski definition) is 3. The third-order valence-electron chi connectivity index (χ3n) is 2.25. The van der Waals surface area contributed by atoms with Gasteiger partial charge in [-0.25, -0.2) is 4.79 Å². The minimum absolute atomic E-state index is 0.0852. The summed E-state index contributed by atoms with van der Waals surface area (Å²) in [5.41, 5.74) is 0.478. The van der Waals surface area contributed by atoms with E-state index in [0.717, 1.165) is 0 Å². The molecular formula is C11H18F3NO2. The predicted octanol–water partition coefficient (Wildman–Crippen LogP) is 2.38. The van der Waals surface area contributed by atoms with E-state index in [1.54, 1.807) is 20.0 Å². The highest BCUT2D eigenvalue weighted by Crippen LogP contribution is 2.19. The van der Waals surface area contributed by atoms with Gasteiger partial charge in [0.05, 0.1) is 13.5 Å². The molecule has 0 aliphatic rings. The van der Waals surface area contributed by atoms with E-state index in [1.165, 1.54) is 12.0 Å². The van der Waals surface area contributed by atoms with Crippen LogP contribution in [0.25, 0.3) is 0 Å². The molecule has 0 spiro atoms. The second kappa shape index (κ2) is 7.32. The zero-order chi connectivity index (χ0) is 13.5. The highest BCUT2D eigenvalue weighted by molar-refractivity contribution is 5.88. The van der Waals surface area contributed by atoms with Gasteiger partial charge in [0.15, 0.2) is 0 Å². The molecule has 0 aromatic rings. The maximum Gasteiger partial charge on any atom is 0.390 e. The van der Waals surface area contributed by atoms with Crippen molar-refractivity contribution in [2.75, 3.05) is 27.2 Å². The Hall–Kier alpha value is -1.04. The molecule has 0 fully saturated rings. The summed E-state index contributed by atoms with van der Waals surface area (Å²) in [6.07, 6.45) is -2.90. The molecule has 0 saturated carbocycles. The van der Waals surface area contributed by atoms with Gasteiger partial charge >= 0.3 is 12.1 Å². The number of hydrogen-bond donors (Lipinski definition) is 0. The standard InChI is InChI=1S/C11H18F3NO2/c1-4-9(10(16)17-3)5-7-15(2)8-6-11(12,13)14/h5H,4,6-8H2,1-3H3. The second-order valence-electron chi connectivity index (χ2n) is 3.70. The lowest BCUT2D eigenvalue weighted by atomic mass is 10.2. The van der Waals surface area contributed by atoms with Crippen LogP contribution in [0.3, 0.4) is 0 Å². The minimum atomic E-state index is -4.14. The maximum absolute atomic E-state index is 11.9. The van der Waals surface area contributed by atoms with Crippen molar-refractivity contribution in [2.24, 2.45) is 0 Å². The van der Waals surface area contributed by atoms with Crippen LogP contribution < -0.4 is 0 Å². The number of nitrogens with zero attached hydrogens (tertiary/aromatic N) is 1. The predicted molar refractivity (Wildman–Crippen MR) is 58.6 cm³/mol. The van der Waals surface area contributed by atoms with E-state index < -0.39 is 18.6 Å². The van der Waals surface area contributed by atoms with Gasteiger partial charge in [-0.15, -0.1) is 0 Å². The molecule has 0 radical (unpaired) electrons. The molecule has 0 unspecified atom stereocenters. The van der Waals surface area contributed by atoms with Crippen LogP contribution in [0, 0.1) is 0 Å². The first-order valence-electron chi connectivity index (χ1n) is 5.32. The topological polar surface area (TPSA) is 29.5 Å². The van der Waals surface area contributed by atoms with Crippen molar-refractivity contribution in [2.45, 2.75) is 25.9 Å². The molecule has 0 amide bonds. The minimum Gasteiger partial charge on any atom is -0.466 e. The van der Waals surface area contributed by atoms with E-state index in [0.29, 0.717) is 18.5 Å². The van der Waals surface area contributed by atoms with E-state index in [9.17, 15) is 18.0 Å². The molecule has 0 atom stereocenters. The average molecular weight is 253 g/mol. The number of ether oxygens (including phenoxy) is 1. The van der Waals surface area contributed by atoms with Crippen molar-refractivity contribution in [1.29, 1.82) is 0 Å². The molecule has 3 nitrogen and oxygen atoms in total. The van der Waals surface area contributed by atoms with Crippen molar-refractivity contribution < 1.29 is 22.7 Å². The van der Waals surface area contributed by atoms with Gasteiger partial charge in [0.2, 0.25) is 0 Å². The second-order valence-corrected chi connectivity index (χ2v) is 3.70. The molecule has 100 valence electrons. The maximum atomic E-state index is 11.9. The quantitative estimate of drug-likeness (QED) is 0.537. The first-order chi connectivity index (χ1) is 7.80. The molecule has 0 aliphatic heterocycles.